The maximum Gasteiger partial charge on any atom is 0.227 e. The van der Waals surface area contributed by atoms with Crippen LogP contribution in [0.5, 0.6) is 0 Å². The minimum absolute atomic E-state index is 0.0556. The molecule has 2 aromatic carbocycles. The first kappa shape index (κ1) is 17.9. The molecule has 4 heteroatoms. The number of rotatable bonds is 5. The molecule has 1 N–H and O–H groups in total. The van der Waals surface area contributed by atoms with Crippen molar-refractivity contribution in [3.8, 4) is 6.07 Å². The number of amides is 1. The second-order valence-electron chi connectivity index (χ2n) is 6.57. The molecule has 3 rings (SSSR count). The highest BCUT2D eigenvalue weighted by molar-refractivity contribution is 5.92. The van der Waals surface area contributed by atoms with E-state index < -0.39 is 0 Å². The Labute approximate surface area is 154 Å². The lowest BCUT2D eigenvalue weighted by atomic mass is 9.95. The van der Waals surface area contributed by atoms with Gasteiger partial charge in [-0.25, -0.2) is 0 Å². The summed E-state index contributed by atoms with van der Waals surface area (Å²) in [5.41, 5.74) is 2.56. The van der Waals surface area contributed by atoms with Crippen LogP contribution in [-0.4, -0.2) is 30.4 Å². The summed E-state index contributed by atoms with van der Waals surface area (Å²) in [7, 11) is 0. The molecule has 0 radical (unpaired) electrons. The zero-order chi connectivity index (χ0) is 18.2. The summed E-state index contributed by atoms with van der Waals surface area (Å²) in [5, 5.41) is 11.8. The van der Waals surface area contributed by atoms with Crippen LogP contribution in [0.4, 0.5) is 5.69 Å². The molecule has 0 atom stereocenters. The maximum atomic E-state index is 12.4. The van der Waals surface area contributed by atoms with Crippen LogP contribution in [0.2, 0.25) is 0 Å². The fourth-order valence-electron chi connectivity index (χ4n) is 3.15. The molecule has 0 spiro atoms. The number of hydrogen-bond donors (Lipinski definition) is 1. The van der Waals surface area contributed by atoms with E-state index in [0.717, 1.165) is 38.2 Å². The van der Waals surface area contributed by atoms with Crippen molar-refractivity contribution in [2.75, 3.05) is 25.0 Å². The molecular formula is C22H23N3O. The predicted molar refractivity (Wildman–Crippen MR) is 104 cm³/mol. The number of carbonyl (C=O) groups is 1. The number of nitrogens with zero attached hydrogens (tertiary/aromatic N) is 2. The minimum Gasteiger partial charge on any atom is -0.326 e. The van der Waals surface area contributed by atoms with E-state index in [1.807, 2.05) is 18.2 Å². The van der Waals surface area contributed by atoms with E-state index in [2.05, 4.69) is 40.6 Å². The Balaban J connectivity index is 1.43. The van der Waals surface area contributed by atoms with Crippen molar-refractivity contribution >= 4 is 17.7 Å². The topological polar surface area (TPSA) is 56.1 Å². The third-order valence-corrected chi connectivity index (χ3v) is 4.71. The van der Waals surface area contributed by atoms with E-state index in [0.29, 0.717) is 5.56 Å². The SMILES string of the molecule is N#Cc1ccc(NC(=O)C2CCN(C/C=C/c3ccccc3)CC2)cc1. The summed E-state index contributed by atoms with van der Waals surface area (Å²) in [4.78, 5) is 14.8. The van der Waals surface area contributed by atoms with Gasteiger partial charge in [0.05, 0.1) is 11.6 Å². The van der Waals surface area contributed by atoms with Crippen molar-refractivity contribution in [3.05, 3.63) is 71.8 Å². The van der Waals surface area contributed by atoms with Gasteiger partial charge in [-0.3, -0.25) is 9.69 Å². The fourth-order valence-corrected chi connectivity index (χ4v) is 3.15. The van der Waals surface area contributed by atoms with Crippen LogP contribution >= 0.6 is 0 Å². The molecule has 1 amide bonds. The molecule has 1 aliphatic rings. The Morgan fingerprint density at radius 1 is 1.12 bits per heavy atom. The third-order valence-electron chi connectivity index (χ3n) is 4.71. The first-order valence-corrected chi connectivity index (χ1v) is 8.99. The number of likely N-dealkylation sites (tertiary alicyclic amines) is 1. The van der Waals surface area contributed by atoms with Crippen molar-refractivity contribution in [2.24, 2.45) is 5.92 Å². The molecule has 0 bridgehead atoms. The molecule has 0 aliphatic carbocycles. The van der Waals surface area contributed by atoms with Crippen LogP contribution < -0.4 is 5.32 Å². The largest absolute Gasteiger partial charge is 0.326 e. The smallest absolute Gasteiger partial charge is 0.227 e. The van der Waals surface area contributed by atoms with Crippen LogP contribution in [-0.2, 0) is 4.79 Å². The van der Waals surface area contributed by atoms with Gasteiger partial charge in [0.1, 0.15) is 0 Å². The van der Waals surface area contributed by atoms with Gasteiger partial charge in [0.25, 0.3) is 0 Å². The Morgan fingerprint density at radius 3 is 2.46 bits per heavy atom. The summed E-state index contributed by atoms with van der Waals surface area (Å²) in [5.74, 6) is 0.134. The zero-order valence-electron chi connectivity index (χ0n) is 14.8. The van der Waals surface area contributed by atoms with Crippen molar-refractivity contribution in [2.45, 2.75) is 12.8 Å². The standard InChI is InChI=1S/C22H23N3O/c23-17-19-8-10-21(11-9-19)24-22(26)20-12-15-25(16-13-20)14-4-7-18-5-2-1-3-6-18/h1-11,20H,12-16H2,(H,24,26)/b7-4+. The van der Waals surface area contributed by atoms with Crippen LogP contribution in [0.3, 0.4) is 0 Å². The maximum absolute atomic E-state index is 12.4. The normalized spacial score (nSPS) is 15.7. The van der Waals surface area contributed by atoms with Crippen LogP contribution in [0.15, 0.2) is 60.7 Å². The number of nitriles is 1. The summed E-state index contributed by atoms with van der Waals surface area (Å²) in [6, 6.07) is 19.4. The molecule has 0 aromatic heterocycles. The lowest BCUT2D eigenvalue weighted by molar-refractivity contribution is -0.121. The Kier molecular flexibility index (Phi) is 6.19. The highest BCUT2D eigenvalue weighted by atomic mass is 16.1. The molecule has 1 heterocycles. The quantitative estimate of drug-likeness (QED) is 0.893. The average Bonchev–Trinajstić information content (AvgIpc) is 2.70. The Bertz CT molecular complexity index is 782. The van der Waals surface area contributed by atoms with Gasteiger partial charge >= 0.3 is 0 Å². The number of anilines is 1. The second kappa shape index (κ2) is 8.98. The summed E-state index contributed by atoms with van der Waals surface area (Å²) in [6.45, 7) is 2.79. The van der Waals surface area contributed by atoms with Crippen LogP contribution in [0, 0.1) is 17.2 Å². The Hall–Kier alpha value is -2.90. The molecule has 4 nitrogen and oxygen atoms in total. The second-order valence-corrected chi connectivity index (χ2v) is 6.57. The molecule has 0 unspecified atom stereocenters. The number of nitrogens with one attached hydrogen (secondary N) is 1. The van der Waals surface area contributed by atoms with E-state index in [-0.39, 0.29) is 11.8 Å². The monoisotopic (exact) mass is 345 g/mol. The molecule has 2 aromatic rings. The van der Waals surface area contributed by atoms with Gasteiger partial charge in [0, 0.05) is 18.2 Å². The zero-order valence-corrected chi connectivity index (χ0v) is 14.8. The number of hydrogen-bond acceptors (Lipinski definition) is 3. The summed E-state index contributed by atoms with van der Waals surface area (Å²) in [6.07, 6.45) is 6.08. The molecule has 1 fully saturated rings. The fraction of sp³-hybridized carbons (Fsp3) is 0.273. The van der Waals surface area contributed by atoms with Crippen molar-refractivity contribution in [3.63, 3.8) is 0 Å². The van der Waals surface area contributed by atoms with Gasteiger partial charge in [0.15, 0.2) is 0 Å². The molecular weight excluding hydrogens is 322 g/mol. The predicted octanol–water partition coefficient (Wildman–Crippen LogP) is 3.92. The molecule has 0 saturated carbocycles. The van der Waals surface area contributed by atoms with E-state index in [4.69, 9.17) is 5.26 Å². The van der Waals surface area contributed by atoms with E-state index in [9.17, 15) is 4.79 Å². The van der Waals surface area contributed by atoms with Gasteiger partial charge in [-0.1, -0.05) is 42.5 Å². The first-order chi connectivity index (χ1) is 12.7. The van der Waals surface area contributed by atoms with Crippen molar-refractivity contribution < 1.29 is 4.79 Å². The highest BCUT2D eigenvalue weighted by Crippen LogP contribution is 2.20. The lowest BCUT2D eigenvalue weighted by Gasteiger charge is -2.30. The summed E-state index contributed by atoms with van der Waals surface area (Å²) >= 11 is 0. The average molecular weight is 345 g/mol. The minimum atomic E-state index is 0.0556. The van der Waals surface area contributed by atoms with Gasteiger partial charge in [0.2, 0.25) is 5.91 Å². The lowest BCUT2D eigenvalue weighted by Crippen LogP contribution is -2.38. The summed E-state index contributed by atoms with van der Waals surface area (Å²) < 4.78 is 0. The van der Waals surface area contributed by atoms with Gasteiger partial charge in [-0.05, 0) is 55.8 Å². The van der Waals surface area contributed by atoms with Gasteiger partial charge < -0.3 is 5.32 Å². The van der Waals surface area contributed by atoms with E-state index in [1.54, 1.807) is 24.3 Å². The van der Waals surface area contributed by atoms with Crippen molar-refractivity contribution in [1.29, 1.82) is 5.26 Å². The number of piperidine rings is 1. The molecule has 1 saturated heterocycles. The van der Waals surface area contributed by atoms with E-state index in [1.165, 1.54) is 5.56 Å². The van der Waals surface area contributed by atoms with Crippen LogP contribution in [0.25, 0.3) is 6.08 Å². The third kappa shape index (κ3) is 5.05. The van der Waals surface area contributed by atoms with Gasteiger partial charge in [-0.15, -0.1) is 0 Å². The van der Waals surface area contributed by atoms with E-state index >= 15 is 0 Å². The van der Waals surface area contributed by atoms with Gasteiger partial charge in [-0.2, -0.15) is 5.26 Å². The first-order valence-electron chi connectivity index (χ1n) is 8.99. The van der Waals surface area contributed by atoms with Crippen molar-refractivity contribution in [1.82, 2.24) is 4.90 Å². The molecule has 132 valence electrons. The Morgan fingerprint density at radius 2 is 1.81 bits per heavy atom. The highest BCUT2D eigenvalue weighted by Gasteiger charge is 2.24. The molecule has 26 heavy (non-hydrogen) atoms. The number of benzene rings is 2. The molecule has 1 aliphatic heterocycles. The number of carbonyl (C=O) groups excluding carboxylic acids is 1. The van der Waals surface area contributed by atoms with Crippen LogP contribution in [0.1, 0.15) is 24.0 Å².